The predicted octanol–water partition coefficient (Wildman–Crippen LogP) is 2.64. The summed E-state index contributed by atoms with van der Waals surface area (Å²) in [4.78, 5) is 10.7. The van der Waals surface area contributed by atoms with Crippen LogP contribution in [-0.4, -0.2) is 23.1 Å². The first kappa shape index (κ1) is 13.0. The van der Waals surface area contributed by atoms with Crippen molar-refractivity contribution >= 4 is 11.5 Å². The number of hydrogen-bond donors (Lipinski definition) is 1. The number of benzene rings is 1. The second-order valence-electron chi connectivity index (χ2n) is 5.06. The predicted molar refractivity (Wildman–Crippen MR) is 76.4 cm³/mol. The van der Waals surface area contributed by atoms with Crippen LogP contribution in [0.3, 0.4) is 0 Å². The van der Waals surface area contributed by atoms with Crippen molar-refractivity contribution in [2.45, 2.75) is 25.4 Å². The Balaban J connectivity index is 1.67. The normalized spacial score (nSPS) is 14.3. The van der Waals surface area contributed by atoms with Gasteiger partial charge in [-0.05, 0) is 37.1 Å². The van der Waals surface area contributed by atoms with Crippen molar-refractivity contribution in [1.82, 2.24) is 15.3 Å². The molecule has 1 N–H and O–H groups in total. The number of nitrogens with zero attached hydrogens (tertiary/aromatic N) is 3. The molecule has 0 bridgehead atoms. The van der Waals surface area contributed by atoms with Crippen molar-refractivity contribution in [3.05, 3.63) is 48.2 Å². The summed E-state index contributed by atoms with van der Waals surface area (Å²) in [6.07, 6.45) is 6.05. The zero-order valence-corrected chi connectivity index (χ0v) is 11.4. The van der Waals surface area contributed by atoms with E-state index in [-0.39, 0.29) is 5.82 Å². The monoisotopic (exact) mass is 272 g/mol. The van der Waals surface area contributed by atoms with Gasteiger partial charge in [0.15, 0.2) is 5.82 Å². The Morgan fingerprint density at radius 3 is 2.55 bits per heavy atom. The van der Waals surface area contributed by atoms with Crippen molar-refractivity contribution in [3.63, 3.8) is 0 Å². The molecule has 1 heterocycles. The molecule has 1 fully saturated rings. The molecule has 0 aliphatic heterocycles. The van der Waals surface area contributed by atoms with Gasteiger partial charge in [-0.25, -0.2) is 9.37 Å². The number of halogens is 1. The van der Waals surface area contributed by atoms with Gasteiger partial charge in [-0.15, -0.1) is 0 Å². The van der Waals surface area contributed by atoms with Crippen LogP contribution in [0.1, 0.15) is 18.5 Å². The average Bonchev–Trinajstić information content (AvgIpc) is 3.30. The third-order valence-corrected chi connectivity index (χ3v) is 3.40. The summed E-state index contributed by atoms with van der Waals surface area (Å²) in [5.74, 6) is 0.501. The van der Waals surface area contributed by atoms with Crippen LogP contribution in [0.15, 0.2) is 36.7 Å². The van der Waals surface area contributed by atoms with Gasteiger partial charge in [0.2, 0.25) is 0 Å². The van der Waals surface area contributed by atoms with Crippen LogP contribution in [0.5, 0.6) is 0 Å². The van der Waals surface area contributed by atoms with Crippen molar-refractivity contribution in [2.75, 3.05) is 11.9 Å². The summed E-state index contributed by atoms with van der Waals surface area (Å²) in [6.45, 7) is 0.762. The smallest absolute Gasteiger partial charge is 0.151 e. The lowest BCUT2D eigenvalue weighted by atomic mass is 10.3. The van der Waals surface area contributed by atoms with E-state index >= 15 is 0 Å². The average molecular weight is 272 g/mol. The zero-order chi connectivity index (χ0) is 13.9. The fourth-order valence-electron chi connectivity index (χ4n) is 1.95. The van der Waals surface area contributed by atoms with Crippen molar-refractivity contribution in [1.29, 1.82) is 0 Å². The van der Waals surface area contributed by atoms with Crippen molar-refractivity contribution in [3.8, 4) is 0 Å². The van der Waals surface area contributed by atoms with Crippen LogP contribution in [0.2, 0.25) is 0 Å². The minimum absolute atomic E-state index is 0.241. The van der Waals surface area contributed by atoms with Gasteiger partial charge in [-0.1, -0.05) is 0 Å². The number of nitrogens with one attached hydrogen (secondary N) is 1. The molecule has 0 atom stereocenters. The zero-order valence-electron chi connectivity index (χ0n) is 11.4. The molecular formula is C15H17FN4. The number of aromatic nitrogens is 2. The molecular weight excluding hydrogens is 255 g/mol. The second-order valence-corrected chi connectivity index (χ2v) is 5.06. The molecule has 1 aromatic carbocycles. The fraction of sp³-hybridized carbons (Fsp3) is 0.333. The first-order valence-electron chi connectivity index (χ1n) is 6.76. The molecule has 0 saturated heterocycles. The molecule has 20 heavy (non-hydrogen) atoms. The van der Waals surface area contributed by atoms with Crippen LogP contribution >= 0.6 is 0 Å². The Labute approximate surface area is 117 Å². The molecule has 1 aromatic heterocycles. The Hall–Kier alpha value is -2.01. The minimum Gasteiger partial charge on any atom is -0.328 e. The third-order valence-electron chi connectivity index (χ3n) is 3.40. The van der Waals surface area contributed by atoms with Gasteiger partial charge in [-0.2, -0.15) is 0 Å². The van der Waals surface area contributed by atoms with Crippen LogP contribution in [0.4, 0.5) is 15.9 Å². The van der Waals surface area contributed by atoms with Crippen LogP contribution in [0.25, 0.3) is 0 Å². The first-order chi connectivity index (χ1) is 9.72. The molecule has 5 heteroatoms. The molecule has 3 rings (SSSR count). The van der Waals surface area contributed by atoms with Gasteiger partial charge in [0, 0.05) is 25.3 Å². The van der Waals surface area contributed by atoms with Gasteiger partial charge < -0.3 is 10.2 Å². The maximum atomic E-state index is 12.9. The van der Waals surface area contributed by atoms with E-state index in [0.717, 1.165) is 23.7 Å². The molecule has 0 spiro atoms. The van der Waals surface area contributed by atoms with Crippen molar-refractivity contribution in [2.24, 2.45) is 0 Å². The van der Waals surface area contributed by atoms with E-state index in [0.29, 0.717) is 6.04 Å². The Kier molecular flexibility index (Phi) is 3.60. The Bertz CT molecular complexity index is 563. The summed E-state index contributed by atoms with van der Waals surface area (Å²) in [5.41, 5.74) is 1.82. The van der Waals surface area contributed by atoms with E-state index in [1.807, 2.05) is 11.9 Å². The van der Waals surface area contributed by atoms with E-state index in [9.17, 15) is 4.39 Å². The molecule has 1 saturated carbocycles. The van der Waals surface area contributed by atoms with E-state index in [1.54, 1.807) is 24.5 Å². The molecule has 0 amide bonds. The maximum absolute atomic E-state index is 12.9. The molecule has 4 nitrogen and oxygen atoms in total. The molecule has 0 radical (unpaired) electrons. The van der Waals surface area contributed by atoms with Crippen molar-refractivity contribution < 1.29 is 4.39 Å². The second kappa shape index (κ2) is 5.54. The first-order valence-corrected chi connectivity index (χ1v) is 6.76. The third kappa shape index (κ3) is 3.11. The number of hydrogen-bond acceptors (Lipinski definition) is 4. The lowest BCUT2D eigenvalue weighted by Crippen LogP contribution is -2.17. The Morgan fingerprint density at radius 1 is 1.20 bits per heavy atom. The SMILES string of the molecule is CN(c1ccc(F)cc1)c1cnc(CNC2CC2)cn1. The summed E-state index contributed by atoms with van der Waals surface area (Å²) >= 11 is 0. The maximum Gasteiger partial charge on any atom is 0.151 e. The molecule has 0 unspecified atom stereocenters. The highest BCUT2D eigenvalue weighted by Crippen LogP contribution is 2.21. The van der Waals surface area contributed by atoms with E-state index < -0.39 is 0 Å². The van der Waals surface area contributed by atoms with Gasteiger partial charge in [0.1, 0.15) is 5.82 Å². The summed E-state index contributed by atoms with van der Waals surface area (Å²) in [7, 11) is 1.89. The van der Waals surface area contributed by atoms with Gasteiger partial charge in [-0.3, -0.25) is 4.98 Å². The summed E-state index contributed by atoms with van der Waals surface area (Å²) < 4.78 is 12.9. The standard InChI is InChI=1S/C15H17FN4/c1-20(14-6-2-11(16)3-7-14)15-10-18-13(9-19-15)8-17-12-4-5-12/h2-3,6-7,9-10,12,17H,4-5,8H2,1H3. The highest BCUT2D eigenvalue weighted by molar-refractivity contribution is 5.57. The van der Waals surface area contributed by atoms with Gasteiger partial charge in [0.25, 0.3) is 0 Å². The fourth-order valence-corrected chi connectivity index (χ4v) is 1.95. The summed E-state index contributed by atoms with van der Waals surface area (Å²) in [6, 6.07) is 6.98. The lowest BCUT2D eigenvalue weighted by Gasteiger charge is -2.18. The molecule has 104 valence electrons. The van der Waals surface area contributed by atoms with Gasteiger partial charge >= 0.3 is 0 Å². The Morgan fingerprint density at radius 2 is 1.95 bits per heavy atom. The quantitative estimate of drug-likeness (QED) is 0.908. The molecule has 1 aliphatic carbocycles. The van der Waals surface area contributed by atoms with E-state index in [1.165, 1.54) is 25.0 Å². The largest absolute Gasteiger partial charge is 0.328 e. The highest BCUT2D eigenvalue weighted by Gasteiger charge is 2.20. The van der Waals surface area contributed by atoms with Crippen LogP contribution < -0.4 is 10.2 Å². The van der Waals surface area contributed by atoms with Gasteiger partial charge in [0.05, 0.1) is 18.1 Å². The minimum atomic E-state index is -0.241. The topological polar surface area (TPSA) is 41.1 Å². The molecule has 1 aliphatic rings. The van der Waals surface area contributed by atoms with Crippen LogP contribution in [-0.2, 0) is 6.54 Å². The molecule has 2 aromatic rings. The number of anilines is 2. The van der Waals surface area contributed by atoms with Crippen LogP contribution in [0, 0.1) is 5.82 Å². The van der Waals surface area contributed by atoms with E-state index in [2.05, 4.69) is 15.3 Å². The lowest BCUT2D eigenvalue weighted by molar-refractivity contribution is 0.628. The van der Waals surface area contributed by atoms with E-state index in [4.69, 9.17) is 0 Å². The number of rotatable bonds is 5. The summed E-state index contributed by atoms with van der Waals surface area (Å²) in [5, 5.41) is 3.40. The highest BCUT2D eigenvalue weighted by atomic mass is 19.1.